The van der Waals surface area contributed by atoms with Crippen LogP contribution in [0.15, 0.2) is 41.2 Å². The number of nitrogens with zero attached hydrogens (tertiary/aromatic N) is 3. The van der Waals surface area contributed by atoms with Gasteiger partial charge in [-0.05, 0) is 55.2 Å². The number of hydrogen-bond donors (Lipinski definition) is 0. The molecule has 2 fully saturated rings. The van der Waals surface area contributed by atoms with Gasteiger partial charge in [-0.1, -0.05) is 39.0 Å². The van der Waals surface area contributed by atoms with Crippen molar-refractivity contribution in [2.45, 2.75) is 64.3 Å². The number of piperidine rings is 1. The van der Waals surface area contributed by atoms with Crippen LogP contribution in [0.1, 0.15) is 74.0 Å². The molecule has 2 aliphatic rings. The maximum absolute atomic E-state index is 13.1. The fraction of sp³-hybridized carbons (Fsp3) is 0.542. The van der Waals surface area contributed by atoms with Crippen molar-refractivity contribution in [2.24, 2.45) is 5.92 Å². The van der Waals surface area contributed by atoms with Crippen molar-refractivity contribution in [2.75, 3.05) is 13.1 Å². The molecule has 1 aromatic carbocycles. The summed E-state index contributed by atoms with van der Waals surface area (Å²) in [5, 5.41) is 4.60. The highest BCUT2D eigenvalue weighted by atomic mass is 16.2. The van der Waals surface area contributed by atoms with Gasteiger partial charge in [-0.3, -0.25) is 9.59 Å². The molecule has 5 heteroatoms. The van der Waals surface area contributed by atoms with Crippen LogP contribution in [0.2, 0.25) is 0 Å². The van der Waals surface area contributed by atoms with Crippen LogP contribution in [-0.4, -0.2) is 33.7 Å². The molecule has 2 aromatic rings. The van der Waals surface area contributed by atoms with E-state index in [1.807, 2.05) is 29.2 Å². The molecular formula is C24H31N3O2. The van der Waals surface area contributed by atoms with Gasteiger partial charge in [0.05, 0.1) is 5.69 Å². The van der Waals surface area contributed by atoms with E-state index in [9.17, 15) is 9.59 Å². The molecule has 4 rings (SSSR count). The molecule has 1 saturated carbocycles. The Morgan fingerprint density at radius 3 is 2.38 bits per heavy atom. The number of benzene rings is 1. The van der Waals surface area contributed by atoms with Gasteiger partial charge in [-0.25, -0.2) is 4.68 Å². The van der Waals surface area contributed by atoms with Crippen LogP contribution in [0.5, 0.6) is 0 Å². The van der Waals surface area contributed by atoms with Crippen LogP contribution >= 0.6 is 0 Å². The highest BCUT2D eigenvalue weighted by Crippen LogP contribution is 2.42. The lowest BCUT2D eigenvalue weighted by molar-refractivity contribution is 0.0679. The first-order valence-corrected chi connectivity index (χ1v) is 10.8. The number of rotatable bonds is 4. The third-order valence-corrected chi connectivity index (χ3v) is 6.18. The molecule has 0 radical (unpaired) electrons. The van der Waals surface area contributed by atoms with Gasteiger partial charge in [0.1, 0.15) is 0 Å². The first-order valence-electron chi connectivity index (χ1n) is 10.8. The van der Waals surface area contributed by atoms with Gasteiger partial charge in [0.25, 0.3) is 11.5 Å². The second-order valence-corrected chi connectivity index (χ2v) is 9.59. The first kappa shape index (κ1) is 19.9. The molecule has 1 aromatic heterocycles. The molecule has 5 nitrogen and oxygen atoms in total. The summed E-state index contributed by atoms with van der Waals surface area (Å²) in [6, 6.07) is 11.5. The number of carbonyl (C=O) groups excluding carboxylic acids is 1. The molecular weight excluding hydrogens is 362 g/mol. The lowest BCUT2D eigenvalue weighted by atomic mass is 9.92. The molecule has 0 atom stereocenters. The summed E-state index contributed by atoms with van der Waals surface area (Å²) in [7, 11) is 0. The quantitative estimate of drug-likeness (QED) is 0.790. The summed E-state index contributed by atoms with van der Waals surface area (Å²) in [5.41, 5.74) is 2.90. The minimum atomic E-state index is -0.0832. The van der Waals surface area contributed by atoms with Crippen LogP contribution in [0, 0.1) is 5.92 Å². The van der Waals surface area contributed by atoms with Crippen molar-refractivity contribution < 1.29 is 4.79 Å². The van der Waals surface area contributed by atoms with E-state index in [0.29, 0.717) is 18.4 Å². The molecule has 1 saturated heterocycles. The molecule has 0 spiro atoms. The highest BCUT2D eigenvalue weighted by molar-refractivity contribution is 5.96. The zero-order valence-electron chi connectivity index (χ0n) is 17.7. The standard InChI is InChI=1S/C24H31N3O2/c1-24(2,3)21-10-11-22(28)27(25-21)16-17-12-14-26(15-13-17)23(29)20-7-5-4-6-19(20)18-8-9-18/h4-7,10-11,17-18H,8-9,12-16H2,1-3H3. The van der Waals surface area contributed by atoms with Crippen LogP contribution in [0.4, 0.5) is 0 Å². The lowest BCUT2D eigenvalue weighted by Gasteiger charge is -2.32. The normalized spacial score (nSPS) is 18.1. The van der Waals surface area contributed by atoms with Crippen molar-refractivity contribution in [3.05, 3.63) is 63.6 Å². The summed E-state index contributed by atoms with van der Waals surface area (Å²) in [6.07, 6.45) is 4.21. The summed E-state index contributed by atoms with van der Waals surface area (Å²) in [5.74, 6) is 1.11. The summed E-state index contributed by atoms with van der Waals surface area (Å²) in [4.78, 5) is 27.3. The predicted molar refractivity (Wildman–Crippen MR) is 114 cm³/mol. The Balaban J connectivity index is 1.40. The molecule has 0 bridgehead atoms. The van der Waals surface area contributed by atoms with Crippen LogP contribution in [0.25, 0.3) is 0 Å². The van der Waals surface area contributed by atoms with Gasteiger partial charge in [0.15, 0.2) is 0 Å². The Morgan fingerprint density at radius 1 is 1.03 bits per heavy atom. The Bertz CT molecular complexity index is 945. The minimum absolute atomic E-state index is 0.0464. The van der Waals surface area contributed by atoms with E-state index in [0.717, 1.165) is 37.2 Å². The average Bonchev–Trinajstić information content (AvgIpc) is 3.54. The van der Waals surface area contributed by atoms with E-state index in [1.54, 1.807) is 10.7 Å². The molecule has 1 aliphatic carbocycles. The van der Waals surface area contributed by atoms with Crippen molar-refractivity contribution >= 4 is 5.91 Å². The monoisotopic (exact) mass is 393 g/mol. The van der Waals surface area contributed by atoms with Crippen LogP contribution in [0.3, 0.4) is 0 Å². The third-order valence-electron chi connectivity index (χ3n) is 6.18. The average molecular weight is 394 g/mol. The Kier molecular flexibility index (Phi) is 5.32. The summed E-state index contributed by atoms with van der Waals surface area (Å²) < 4.78 is 1.62. The molecule has 0 unspecified atom stereocenters. The number of amides is 1. The molecule has 1 aliphatic heterocycles. The van der Waals surface area contributed by atoms with Gasteiger partial charge in [0, 0.05) is 36.7 Å². The first-order chi connectivity index (χ1) is 13.8. The lowest BCUT2D eigenvalue weighted by Crippen LogP contribution is -2.40. The minimum Gasteiger partial charge on any atom is -0.339 e. The van der Waals surface area contributed by atoms with E-state index in [-0.39, 0.29) is 16.9 Å². The highest BCUT2D eigenvalue weighted by Gasteiger charge is 2.31. The zero-order valence-corrected chi connectivity index (χ0v) is 17.7. The second kappa shape index (κ2) is 7.77. The van der Waals surface area contributed by atoms with Crippen LogP contribution < -0.4 is 5.56 Å². The van der Waals surface area contributed by atoms with Gasteiger partial charge in [0.2, 0.25) is 0 Å². The molecule has 1 amide bonds. The van der Waals surface area contributed by atoms with E-state index in [2.05, 4.69) is 31.9 Å². The topological polar surface area (TPSA) is 55.2 Å². The molecule has 154 valence electrons. The Labute approximate surface area is 172 Å². The van der Waals surface area contributed by atoms with Gasteiger partial charge < -0.3 is 4.90 Å². The SMILES string of the molecule is CC(C)(C)c1ccc(=O)n(CC2CCN(C(=O)c3ccccc3C3CC3)CC2)n1. The molecule has 29 heavy (non-hydrogen) atoms. The van der Waals surface area contributed by atoms with Crippen molar-refractivity contribution in [1.29, 1.82) is 0 Å². The van der Waals surface area contributed by atoms with E-state index in [1.165, 1.54) is 18.4 Å². The Morgan fingerprint density at radius 2 is 1.72 bits per heavy atom. The third kappa shape index (κ3) is 4.44. The number of hydrogen-bond acceptors (Lipinski definition) is 3. The summed E-state index contributed by atoms with van der Waals surface area (Å²) in [6.45, 7) is 8.44. The number of aromatic nitrogens is 2. The van der Waals surface area contributed by atoms with E-state index < -0.39 is 0 Å². The molecule has 2 heterocycles. The maximum Gasteiger partial charge on any atom is 0.266 e. The number of likely N-dealkylation sites (tertiary alicyclic amines) is 1. The number of carbonyl (C=O) groups is 1. The van der Waals surface area contributed by atoms with Crippen molar-refractivity contribution in [3.8, 4) is 0 Å². The van der Waals surface area contributed by atoms with Crippen molar-refractivity contribution in [1.82, 2.24) is 14.7 Å². The fourth-order valence-corrected chi connectivity index (χ4v) is 4.16. The summed E-state index contributed by atoms with van der Waals surface area (Å²) >= 11 is 0. The van der Waals surface area contributed by atoms with E-state index >= 15 is 0 Å². The maximum atomic E-state index is 13.1. The smallest absolute Gasteiger partial charge is 0.266 e. The van der Waals surface area contributed by atoms with Crippen LogP contribution in [-0.2, 0) is 12.0 Å². The van der Waals surface area contributed by atoms with Gasteiger partial charge >= 0.3 is 0 Å². The zero-order chi connectivity index (χ0) is 20.6. The fourth-order valence-electron chi connectivity index (χ4n) is 4.16. The van der Waals surface area contributed by atoms with Gasteiger partial charge in [-0.2, -0.15) is 5.10 Å². The largest absolute Gasteiger partial charge is 0.339 e. The molecule has 0 N–H and O–H groups in total. The van der Waals surface area contributed by atoms with Crippen molar-refractivity contribution in [3.63, 3.8) is 0 Å². The second-order valence-electron chi connectivity index (χ2n) is 9.59. The Hall–Kier alpha value is -2.43. The predicted octanol–water partition coefficient (Wildman–Crippen LogP) is 3.97. The van der Waals surface area contributed by atoms with Gasteiger partial charge in [-0.15, -0.1) is 0 Å². The van der Waals surface area contributed by atoms with E-state index in [4.69, 9.17) is 0 Å².